The number of carbonyl (C=O) groups excluding carboxylic acids is 5. The molecule has 67 heavy (non-hydrogen) atoms. The second-order valence-corrected chi connectivity index (χ2v) is 17.6. The van der Waals surface area contributed by atoms with E-state index < -0.39 is 18.2 Å². The first-order chi connectivity index (χ1) is 32.4. The fourth-order valence-electron chi connectivity index (χ4n) is 8.01. The molecule has 0 radical (unpaired) electrons. The van der Waals surface area contributed by atoms with Gasteiger partial charge in [-0.25, -0.2) is 4.98 Å². The summed E-state index contributed by atoms with van der Waals surface area (Å²) in [4.78, 5) is 78.4. The molecular weight excluding hydrogens is 908 g/mol. The molecule has 0 aliphatic carbocycles. The zero-order chi connectivity index (χ0) is 47.5. The van der Waals surface area contributed by atoms with Gasteiger partial charge in [-0.2, -0.15) is 4.98 Å². The standard InChI is InChI=1S/C45H55ClN10O10S/c1-4-33-44(62)54(2)35-23-49-45(53-40(35)55(33)25-28-9-12-37(46)67-28)51-32-10-8-27(22-36(32)63-3)41(59)48-15-17-65-19-21-66-20-18-64-16-14-47-24-39(58)50-31-7-5-6-29-30(31)26-56(43(29)61)34-11-13-38(57)52-42(34)60/h5-10,12,22-23,33-34,44,47,62H,4,11,13-21,24-26H2,1-3H3,(H,48,59)(H,50,58)(H,49,51,53)(H,52,57,60)/t33-,34?,44?/m1/s1. The van der Waals surface area contributed by atoms with Crippen LogP contribution in [0.4, 0.5) is 28.8 Å². The van der Waals surface area contributed by atoms with Crippen molar-refractivity contribution in [1.82, 2.24) is 30.8 Å². The number of aliphatic hydroxyl groups excluding tert-OH is 1. The van der Waals surface area contributed by atoms with Crippen LogP contribution in [0.15, 0.2) is 54.7 Å². The summed E-state index contributed by atoms with van der Waals surface area (Å²) in [5.41, 5.74) is 3.20. The molecule has 5 heterocycles. The molecule has 4 aromatic rings. The smallest absolute Gasteiger partial charge is 0.255 e. The lowest BCUT2D eigenvalue weighted by atomic mass is 10.0. The van der Waals surface area contributed by atoms with E-state index in [2.05, 4.69) is 36.5 Å². The van der Waals surface area contributed by atoms with Gasteiger partial charge in [-0.3, -0.25) is 29.3 Å². The number of halogens is 1. The fraction of sp³-hybridized carbons (Fsp3) is 0.444. The number of benzene rings is 2. The number of hydrogen-bond donors (Lipinski definition) is 6. The van der Waals surface area contributed by atoms with Crippen LogP contribution in [0.5, 0.6) is 5.75 Å². The molecule has 3 aliphatic rings. The van der Waals surface area contributed by atoms with E-state index in [1.54, 1.807) is 47.5 Å². The average molecular weight is 964 g/mol. The molecule has 3 aliphatic heterocycles. The normalized spacial score (nSPS) is 17.8. The van der Waals surface area contributed by atoms with Gasteiger partial charge in [-0.15, -0.1) is 11.3 Å². The maximum atomic E-state index is 13.0. The summed E-state index contributed by atoms with van der Waals surface area (Å²) >= 11 is 7.71. The molecule has 1 fully saturated rings. The van der Waals surface area contributed by atoms with Crippen molar-refractivity contribution < 1.29 is 48.0 Å². The number of aliphatic hydroxyl groups is 1. The van der Waals surface area contributed by atoms with Gasteiger partial charge in [0.25, 0.3) is 11.8 Å². The zero-order valence-electron chi connectivity index (χ0n) is 37.5. The van der Waals surface area contributed by atoms with Gasteiger partial charge >= 0.3 is 0 Å². The number of aromatic nitrogens is 2. The van der Waals surface area contributed by atoms with E-state index in [9.17, 15) is 29.1 Å². The van der Waals surface area contributed by atoms with Crippen LogP contribution in [0.25, 0.3) is 0 Å². The minimum Gasteiger partial charge on any atom is -0.495 e. The number of anilines is 5. The molecule has 2 aromatic heterocycles. The second kappa shape index (κ2) is 23.2. The maximum Gasteiger partial charge on any atom is 0.255 e. The minimum absolute atomic E-state index is 0.0235. The number of hydrogen-bond acceptors (Lipinski definition) is 17. The molecule has 3 atom stereocenters. The Morgan fingerprint density at radius 2 is 1.75 bits per heavy atom. The Morgan fingerprint density at radius 3 is 2.46 bits per heavy atom. The van der Waals surface area contributed by atoms with Crippen molar-refractivity contribution >= 4 is 81.3 Å². The van der Waals surface area contributed by atoms with Gasteiger partial charge in [0.05, 0.1) is 82.1 Å². The van der Waals surface area contributed by atoms with Crippen LogP contribution >= 0.6 is 22.9 Å². The monoisotopic (exact) mass is 962 g/mol. The Bertz CT molecular complexity index is 2430. The highest BCUT2D eigenvalue weighted by molar-refractivity contribution is 7.16. The van der Waals surface area contributed by atoms with E-state index in [1.165, 1.54) is 23.3 Å². The Morgan fingerprint density at radius 1 is 0.985 bits per heavy atom. The van der Waals surface area contributed by atoms with Crippen LogP contribution in [0.1, 0.15) is 57.3 Å². The Balaban J connectivity index is 0.747. The number of nitrogens with zero attached hydrogens (tertiary/aromatic N) is 5. The van der Waals surface area contributed by atoms with E-state index >= 15 is 0 Å². The third-order valence-corrected chi connectivity index (χ3v) is 12.7. The number of thiophene rings is 1. The largest absolute Gasteiger partial charge is 0.495 e. The van der Waals surface area contributed by atoms with Gasteiger partial charge in [0.1, 0.15) is 23.7 Å². The Labute approximate surface area is 396 Å². The van der Waals surface area contributed by atoms with Crippen LogP contribution in [-0.2, 0) is 41.7 Å². The number of likely N-dealkylation sites (N-methyl/N-ethyl adjacent to an activating group) is 1. The summed E-state index contributed by atoms with van der Waals surface area (Å²) in [7, 11) is 3.34. The molecule has 358 valence electrons. The number of fused-ring (bicyclic) bond motifs is 2. The number of ether oxygens (including phenoxy) is 4. The van der Waals surface area contributed by atoms with Crippen molar-refractivity contribution in [2.75, 3.05) is 93.9 Å². The highest BCUT2D eigenvalue weighted by atomic mass is 35.5. The maximum absolute atomic E-state index is 13.0. The lowest BCUT2D eigenvalue weighted by molar-refractivity contribution is -0.137. The van der Waals surface area contributed by atoms with Gasteiger partial charge in [0.15, 0.2) is 5.82 Å². The molecule has 0 spiro atoms. The Kier molecular flexibility index (Phi) is 16.9. The van der Waals surface area contributed by atoms with E-state index in [1.807, 2.05) is 26.1 Å². The van der Waals surface area contributed by atoms with Gasteiger partial charge in [0, 0.05) is 60.4 Å². The van der Waals surface area contributed by atoms with E-state index in [0.717, 1.165) is 4.88 Å². The summed E-state index contributed by atoms with van der Waals surface area (Å²) in [6, 6.07) is 13.0. The topological polar surface area (TPSA) is 238 Å². The fourth-order valence-corrected chi connectivity index (χ4v) is 9.10. The summed E-state index contributed by atoms with van der Waals surface area (Å²) < 4.78 is 23.1. The first-order valence-corrected chi connectivity index (χ1v) is 23.2. The lowest BCUT2D eigenvalue weighted by Gasteiger charge is -2.45. The summed E-state index contributed by atoms with van der Waals surface area (Å²) in [5.74, 6) is -0.333. The summed E-state index contributed by atoms with van der Waals surface area (Å²) in [6.07, 6.45) is 2.03. The number of methoxy groups -OCH3 is 1. The molecular formula is C45H55ClN10O10S. The average Bonchev–Trinajstić information content (AvgIpc) is 3.89. The van der Waals surface area contributed by atoms with E-state index in [4.69, 9.17) is 35.5 Å². The molecule has 0 bridgehead atoms. The van der Waals surface area contributed by atoms with Gasteiger partial charge in [0.2, 0.25) is 23.7 Å². The number of rotatable bonds is 23. The molecule has 1 saturated heterocycles. The Hall–Kier alpha value is -5.94. The molecule has 2 unspecified atom stereocenters. The predicted octanol–water partition coefficient (Wildman–Crippen LogP) is 3.27. The van der Waals surface area contributed by atoms with E-state index in [-0.39, 0.29) is 68.8 Å². The molecule has 22 heteroatoms. The van der Waals surface area contributed by atoms with Crippen molar-refractivity contribution in [3.8, 4) is 5.75 Å². The minimum atomic E-state index is -0.752. The molecule has 0 saturated carbocycles. The number of carbonyl (C=O) groups is 5. The van der Waals surface area contributed by atoms with Crippen molar-refractivity contribution in [3.05, 3.63) is 80.6 Å². The number of piperidine rings is 1. The van der Waals surface area contributed by atoms with Crippen molar-refractivity contribution in [2.24, 2.45) is 0 Å². The van der Waals surface area contributed by atoms with Crippen molar-refractivity contribution in [3.63, 3.8) is 0 Å². The SMILES string of the molecule is CC[C@@H]1C(O)N(C)c2cnc(Nc3ccc(C(=O)NCCOCCOCCOCCNCC(=O)Nc4cccc5c4CN(C4CCC(=O)NC4=O)C5=O)cc3OC)nc2N1Cc1ccc(Cl)s1. The molecule has 6 N–H and O–H groups in total. The van der Waals surface area contributed by atoms with Crippen LogP contribution in [0.2, 0.25) is 4.34 Å². The third-order valence-electron chi connectivity index (χ3n) is 11.5. The van der Waals surface area contributed by atoms with Crippen LogP contribution in [0, 0.1) is 0 Å². The van der Waals surface area contributed by atoms with Crippen molar-refractivity contribution in [1.29, 1.82) is 0 Å². The zero-order valence-corrected chi connectivity index (χ0v) is 39.0. The van der Waals surface area contributed by atoms with Crippen molar-refractivity contribution in [2.45, 2.75) is 57.6 Å². The summed E-state index contributed by atoms with van der Waals surface area (Å²) in [6.45, 7) is 5.44. The van der Waals surface area contributed by atoms with Gasteiger partial charge < -0.3 is 60.0 Å². The van der Waals surface area contributed by atoms with Gasteiger partial charge in [-0.05, 0) is 55.3 Å². The quantitative estimate of drug-likeness (QED) is 0.0462. The first-order valence-electron chi connectivity index (χ1n) is 22.0. The number of amides is 5. The van der Waals surface area contributed by atoms with Gasteiger partial charge in [-0.1, -0.05) is 24.6 Å². The highest BCUT2D eigenvalue weighted by Gasteiger charge is 2.40. The third kappa shape index (κ3) is 12.2. The highest BCUT2D eigenvalue weighted by Crippen LogP contribution is 2.39. The molecule has 7 rings (SSSR count). The lowest BCUT2D eigenvalue weighted by Crippen LogP contribution is -2.55. The van der Waals surface area contributed by atoms with Crippen LogP contribution < -0.4 is 41.1 Å². The van der Waals surface area contributed by atoms with E-state index in [0.29, 0.717) is 108 Å². The molecule has 5 amide bonds. The first kappa shape index (κ1) is 49.0. The second-order valence-electron chi connectivity index (χ2n) is 15.8. The predicted molar refractivity (Wildman–Crippen MR) is 251 cm³/mol. The van der Waals surface area contributed by atoms with Crippen LogP contribution in [0.3, 0.4) is 0 Å². The van der Waals surface area contributed by atoms with Crippen LogP contribution in [-0.4, -0.2) is 141 Å². The summed E-state index contributed by atoms with van der Waals surface area (Å²) in [5, 5.41) is 25.4. The number of imide groups is 1. The molecule has 2 aromatic carbocycles. The molecule has 20 nitrogen and oxygen atoms in total. The number of nitrogens with one attached hydrogen (secondary N) is 5.